The predicted molar refractivity (Wildman–Crippen MR) is 61.0 cm³/mol. The minimum absolute atomic E-state index is 0.0664. The van der Waals surface area contributed by atoms with E-state index in [2.05, 4.69) is 38.9 Å². The van der Waals surface area contributed by atoms with Crippen molar-refractivity contribution in [3.63, 3.8) is 0 Å². The first-order valence-corrected chi connectivity index (χ1v) is 5.34. The fourth-order valence-electron chi connectivity index (χ4n) is 1.57. The lowest BCUT2D eigenvalue weighted by Crippen LogP contribution is -2.12. The third kappa shape index (κ3) is 2.67. The SMILES string of the molecule is CC(CC=O)c1cc(C(C)(C)C)nn1C. The van der Waals surface area contributed by atoms with Crippen LogP contribution in [0.4, 0.5) is 0 Å². The Bertz CT molecular complexity index is 347. The van der Waals surface area contributed by atoms with E-state index in [1.54, 1.807) is 0 Å². The highest BCUT2D eigenvalue weighted by atomic mass is 16.1. The normalized spacial score (nSPS) is 13.9. The molecule has 0 aromatic carbocycles. The number of carbonyl (C=O) groups excluding carboxylic acids is 1. The molecule has 1 aromatic heterocycles. The van der Waals surface area contributed by atoms with Gasteiger partial charge in [-0.15, -0.1) is 0 Å². The molecule has 1 rings (SSSR count). The Morgan fingerprint density at radius 2 is 2.13 bits per heavy atom. The maximum absolute atomic E-state index is 10.5. The van der Waals surface area contributed by atoms with Gasteiger partial charge in [0.2, 0.25) is 0 Å². The van der Waals surface area contributed by atoms with E-state index in [0.29, 0.717) is 6.42 Å². The molecule has 0 N–H and O–H groups in total. The predicted octanol–water partition coefficient (Wildman–Crippen LogP) is 2.41. The lowest BCUT2D eigenvalue weighted by Gasteiger charge is -2.13. The van der Waals surface area contributed by atoms with Gasteiger partial charge >= 0.3 is 0 Å². The van der Waals surface area contributed by atoms with Crippen LogP contribution in [0.2, 0.25) is 0 Å². The van der Waals surface area contributed by atoms with E-state index in [9.17, 15) is 4.79 Å². The monoisotopic (exact) mass is 208 g/mol. The maximum Gasteiger partial charge on any atom is 0.120 e. The summed E-state index contributed by atoms with van der Waals surface area (Å²) in [5, 5.41) is 4.49. The van der Waals surface area contributed by atoms with Crippen LogP contribution in [-0.4, -0.2) is 16.1 Å². The van der Waals surface area contributed by atoms with Gasteiger partial charge < -0.3 is 4.79 Å². The largest absolute Gasteiger partial charge is 0.303 e. The second kappa shape index (κ2) is 4.17. The molecule has 0 fully saturated rings. The van der Waals surface area contributed by atoms with E-state index in [4.69, 9.17) is 0 Å². The summed E-state index contributed by atoms with van der Waals surface area (Å²) in [7, 11) is 1.94. The zero-order chi connectivity index (χ0) is 11.6. The Kier molecular flexibility index (Phi) is 3.32. The molecule has 1 aromatic rings. The average molecular weight is 208 g/mol. The molecule has 0 amide bonds. The topological polar surface area (TPSA) is 34.9 Å². The second-order valence-electron chi connectivity index (χ2n) is 5.13. The van der Waals surface area contributed by atoms with Crippen LogP contribution in [0.3, 0.4) is 0 Å². The van der Waals surface area contributed by atoms with Gasteiger partial charge in [0, 0.05) is 30.5 Å². The first kappa shape index (κ1) is 12.0. The smallest absolute Gasteiger partial charge is 0.120 e. The number of hydrogen-bond donors (Lipinski definition) is 0. The van der Waals surface area contributed by atoms with Gasteiger partial charge in [0.15, 0.2) is 0 Å². The van der Waals surface area contributed by atoms with Crippen LogP contribution in [0, 0.1) is 0 Å². The van der Waals surface area contributed by atoms with E-state index in [-0.39, 0.29) is 11.3 Å². The zero-order valence-electron chi connectivity index (χ0n) is 10.2. The van der Waals surface area contributed by atoms with Gasteiger partial charge in [-0.05, 0) is 6.07 Å². The number of nitrogens with zero attached hydrogens (tertiary/aromatic N) is 2. The van der Waals surface area contributed by atoms with Gasteiger partial charge in [-0.1, -0.05) is 27.7 Å². The van der Waals surface area contributed by atoms with E-state index >= 15 is 0 Å². The van der Waals surface area contributed by atoms with Crippen molar-refractivity contribution >= 4 is 6.29 Å². The average Bonchev–Trinajstić information content (AvgIpc) is 2.47. The Morgan fingerprint density at radius 3 is 2.53 bits per heavy atom. The first-order valence-electron chi connectivity index (χ1n) is 5.34. The molecule has 3 heteroatoms. The Hall–Kier alpha value is -1.12. The standard InChI is InChI=1S/C12H20N2O/c1-9(6-7-15)10-8-11(12(2,3)4)13-14(10)5/h7-9H,6H2,1-5H3. The van der Waals surface area contributed by atoms with E-state index in [1.807, 2.05) is 11.7 Å². The van der Waals surface area contributed by atoms with Crippen molar-refractivity contribution in [3.05, 3.63) is 17.5 Å². The van der Waals surface area contributed by atoms with Crippen LogP contribution in [0.5, 0.6) is 0 Å². The molecule has 0 bridgehead atoms. The van der Waals surface area contributed by atoms with Crippen LogP contribution in [0.1, 0.15) is 51.4 Å². The highest BCUT2D eigenvalue weighted by Crippen LogP contribution is 2.25. The molecule has 1 heterocycles. The fraction of sp³-hybridized carbons (Fsp3) is 0.667. The zero-order valence-corrected chi connectivity index (χ0v) is 10.2. The van der Waals surface area contributed by atoms with Crippen LogP contribution in [0.25, 0.3) is 0 Å². The van der Waals surface area contributed by atoms with Crippen molar-refractivity contribution < 1.29 is 4.79 Å². The van der Waals surface area contributed by atoms with Crippen molar-refractivity contribution in [2.45, 2.75) is 45.4 Å². The minimum atomic E-state index is 0.0664. The molecule has 0 aliphatic heterocycles. The van der Waals surface area contributed by atoms with E-state index in [0.717, 1.165) is 17.7 Å². The van der Waals surface area contributed by atoms with Crippen molar-refractivity contribution in [2.75, 3.05) is 0 Å². The molecule has 1 unspecified atom stereocenters. The van der Waals surface area contributed by atoms with Crippen LogP contribution in [0.15, 0.2) is 6.07 Å². The summed E-state index contributed by atoms with van der Waals surface area (Å²) in [5.74, 6) is 0.246. The number of hydrogen-bond acceptors (Lipinski definition) is 2. The lowest BCUT2D eigenvalue weighted by molar-refractivity contribution is -0.108. The summed E-state index contributed by atoms with van der Waals surface area (Å²) in [4.78, 5) is 10.5. The molecule has 0 radical (unpaired) electrons. The number of aromatic nitrogens is 2. The molecular weight excluding hydrogens is 188 g/mol. The van der Waals surface area contributed by atoms with E-state index < -0.39 is 0 Å². The number of carbonyl (C=O) groups is 1. The Labute approximate surface area is 91.5 Å². The van der Waals surface area contributed by atoms with Gasteiger partial charge in [-0.25, -0.2) is 0 Å². The van der Waals surface area contributed by atoms with Crippen molar-refractivity contribution in [1.82, 2.24) is 9.78 Å². The maximum atomic E-state index is 10.5. The van der Waals surface area contributed by atoms with Crippen LogP contribution in [-0.2, 0) is 17.3 Å². The van der Waals surface area contributed by atoms with Gasteiger partial charge in [-0.3, -0.25) is 4.68 Å². The number of rotatable bonds is 3. The van der Waals surface area contributed by atoms with Gasteiger partial charge in [0.05, 0.1) is 5.69 Å². The highest BCUT2D eigenvalue weighted by Gasteiger charge is 2.20. The molecule has 0 saturated heterocycles. The lowest BCUT2D eigenvalue weighted by atomic mass is 9.91. The van der Waals surface area contributed by atoms with Gasteiger partial charge in [-0.2, -0.15) is 5.10 Å². The van der Waals surface area contributed by atoms with Gasteiger partial charge in [0.1, 0.15) is 6.29 Å². The minimum Gasteiger partial charge on any atom is -0.303 e. The third-order valence-corrected chi connectivity index (χ3v) is 2.64. The number of aryl methyl sites for hydroxylation is 1. The van der Waals surface area contributed by atoms with Crippen molar-refractivity contribution in [3.8, 4) is 0 Å². The fourth-order valence-corrected chi connectivity index (χ4v) is 1.57. The molecule has 0 saturated carbocycles. The summed E-state index contributed by atoms with van der Waals surface area (Å²) in [6.07, 6.45) is 1.53. The Morgan fingerprint density at radius 1 is 1.53 bits per heavy atom. The summed E-state index contributed by atoms with van der Waals surface area (Å²) in [5.41, 5.74) is 2.28. The molecule has 3 nitrogen and oxygen atoms in total. The molecule has 0 aliphatic rings. The first-order chi connectivity index (χ1) is 6.86. The van der Waals surface area contributed by atoms with E-state index in [1.165, 1.54) is 0 Å². The molecule has 1 atom stereocenters. The van der Waals surface area contributed by atoms with Crippen molar-refractivity contribution in [2.24, 2.45) is 7.05 Å². The summed E-state index contributed by atoms with van der Waals surface area (Å²) in [6.45, 7) is 8.48. The van der Waals surface area contributed by atoms with Gasteiger partial charge in [0.25, 0.3) is 0 Å². The summed E-state index contributed by atoms with van der Waals surface area (Å²) in [6, 6.07) is 2.11. The summed E-state index contributed by atoms with van der Waals surface area (Å²) >= 11 is 0. The third-order valence-electron chi connectivity index (χ3n) is 2.64. The Balaban J connectivity index is 3.01. The number of aldehydes is 1. The molecule has 0 aliphatic carbocycles. The molecular formula is C12H20N2O. The molecule has 15 heavy (non-hydrogen) atoms. The van der Waals surface area contributed by atoms with Crippen LogP contribution >= 0.6 is 0 Å². The molecule has 0 spiro atoms. The molecule has 84 valence electrons. The van der Waals surface area contributed by atoms with Crippen molar-refractivity contribution in [1.29, 1.82) is 0 Å². The van der Waals surface area contributed by atoms with Crippen LogP contribution < -0.4 is 0 Å². The second-order valence-corrected chi connectivity index (χ2v) is 5.13. The highest BCUT2D eigenvalue weighted by molar-refractivity contribution is 5.51. The quantitative estimate of drug-likeness (QED) is 0.715. The summed E-state index contributed by atoms with van der Waals surface area (Å²) < 4.78 is 1.88.